The van der Waals surface area contributed by atoms with E-state index in [1.54, 1.807) is 11.0 Å². The Balaban J connectivity index is 1.57. The highest BCUT2D eigenvalue weighted by Gasteiger charge is 2.20. The minimum atomic E-state index is -0.0615. The zero-order valence-electron chi connectivity index (χ0n) is 11.8. The summed E-state index contributed by atoms with van der Waals surface area (Å²) in [6.07, 6.45) is 6.38. The summed E-state index contributed by atoms with van der Waals surface area (Å²) in [6.45, 7) is 1.60. The molecule has 1 saturated heterocycles. The molecule has 1 aliphatic heterocycles. The van der Waals surface area contributed by atoms with E-state index < -0.39 is 0 Å². The molecular formula is C15H19N5O. The van der Waals surface area contributed by atoms with Crippen molar-refractivity contribution >= 4 is 11.6 Å². The predicted octanol–water partition coefficient (Wildman–Crippen LogP) is 1.41. The van der Waals surface area contributed by atoms with Gasteiger partial charge in [0.1, 0.15) is 12.7 Å². The molecule has 1 atom stereocenters. The van der Waals surface area contributed by atoms with Crippen LogP contribution in [0.2, 0.25) is 0 Å². The molecule has 6 nitrogen and oxygen atoms in total. The van der Waals surface area contributed by atoms with Crippen LogP contribution in [0.25, 0.3) is 0 Å². The Hall–Kier alpha value is -2.21. The van der Waals surface area contributed by atoms with Crippen LogP contribution in [0.1, 0.15) is 24.8 Å². The van der Waals surface area contributed by atoms with Gasteiger partial charge >= 0.3 is 0 Å². The monoisotopic (exact) mass is 285 g/mol. The van der Waals surface area contributed by atoms with Crippen molar-refractivity contribution in [2.45, 2.75) is 31.8 Å². The molecule has 1 aromatic heterocycles. The number of piperidine rings is 1. The molecule has 6 heteroatoms. The largest absolute Gasteiger partial charge is 0.325 e. The van der Waals surface area contributed by atoms with Crippen molar-refractivity contribution in [2.75, 3.05) is 11.9 Å². The molecule has 0 radical (unpaired) electrons. The van der Waals surface area contributed by atoms with Crippen LogP contribution in [0.3, 0.4) is 0 Å². The molecule has 0 saturated carbocycles. The van der Waals surface area contributed by atoms with Gasteiger partial charge in [-0.2, -0.15) is 5.10 Å². The molecule has 2 heterocycles. The van der Waals surface area contributed by atoms with Crippen molar-refractivity contribution in [2.24, 2.45) is 0 Å². The normalized spacial score (nSPS) is 18.4. The Morgan fingerprint density at radius 2 is 2.19 bits per heavy atom. The number of rotatable bonds is 4. The Morgan fingerprint density at radius 1 is 1.33 bits per heavy atom. The van der Waals surface area contributed by atoms with E-state index >= 15 is 0 Å². The molecule has 1 fully saturated rings. The number of aromatic nitrogens is 3. The van der Waals surface area contributed by atoms with Gasteiger partial charge in [0.25, 0.3) is 0 Å². The first-order chi connectivity index (χ1) is 10.3. The minimum Gasteiger partial charge on any atom is -0.325 e. The van der Waals surface area contributed by atoms with Crippen molar-refractivity contribution in [3.05, 3.63) is 42.5 Å². The lowest BCUT2D eigenvalue weighted by Gasteiger charge is -2.22. The molecule has 0 aliphatic carbocycles. The van der Waals surface area contributed by atoms with Crippen molar-refractivity contribution in [1.29, 1.82) is 0 Å². The molecule has 2 N–H and O–H groups in total. The second kappa shape index (κ2) is 6.49. The van der Waals surface area contributed by atoms with Crippen LogP contribution in [0.15, 0.2) is 36.9 Å². The van der Waals surface area contributed by atoms with Crippen molar-refractivity contribution in [3.63, 3.8) is 0 Å². The number of hydrogen-bond donors (Lipinski definition) is 2. The SMILES string of the molecule is O=C(Nc1ccc(Cn2cncn2)cc1)C1CCCCN1. The van der Waals surface area contributed by atoms with Gasteiger partial charge in [-0.15, -0.1) is 0 Å². The third-order valence-corrected chi connectivity index (χ3v) is 3.66. The molecule has 1 aliphatic rings. The highest BCUT2D eigenvalue weighted by Crippen LogP contribution is 2.13. The van der Waals surface area contributed by atoms with E-state index in [1.807, 2.05) is 24.3 Å². The van der Waals surface area contributed by atoms with Gasteiger partial charge in [-0.1, -0.05) is 18.6 Å². The summed E-state index contributed by atoms with van der Waals surface area (Å²) in [5, 5.41) is 10.3. The van der Waals surface area contributed by atoms with Gasteiger partial charge in [-0.25, -0.2) is 9.67 Å². The lowest BCUT2D eigenvalue weighted by molar-refractivity contribution is -0.118. The number of carbonyl (C=O) groups is 1. The van der Waals surface area contributed by atoms with E-state index in [9.17, 15) is 4.79 Å². The lowest BCUT2D eigenvalue weighted by Crippen LogP contribution is -2.43. The zero-order valence-corrected chi connectivity index (χ0v) is 11.8. The van der Waals surface area contributed by atoms with Crippen molar-refractivity contribution in [1.82, 2.24) is 20.1 Å². The lowest BCUT2D eigenvalue weighted by atomic mass is 10.0. The molecule has 0 bridgehead atoms. The Bertz CT molecular complexity index is 573. The molecule has 2 aromatic rings. The first-order valence-electron chi connectivity index (χ1n) is 7.27. The molecule has 1 aromatic carbocycles. The molecule has 1 amide bonds. The van der Waals surface area contributed by atoms with Crippen LogP contribution >= 0.6 is 0 Å². The number of nitrogens with one attached hydrogen (secondary N) is 2. The van der Waals surface area contributed by atoms with E-state index in [2.05, 4.69) is 20.7 Å². The van der Waals surface area contributed by atoms with Gasteiger partial charge in [-0.05, 0) is 37.1 Å². The van der Waals surface area contributed by atoms with Crippen molar-refractivity contribution < 1.29 is 4.79 Å². The van der Waals surface area contributed by atoms with Gasteiger partial charge < -0.3 is 10.6 Å². The third-order valence-electron chi connectivity index (χ3n) is 3.66. The topological polar surface area (TPSA) is 71.8 Å². The summed E-state index contributed by atoms with van der Waals surface area (Å²) < 4.78 is 1.76. The number of amides is 1. The summed E-state index contributed by atoms with van der Waals surface area (Å²) in [4.78, 5) is 16.0. The van der Waals surface area contributed by atoms with Crippen LogP contribution in [0, 0.1) is 0 Å². The van der Waals surface area contributed by atoms with Crippen LogP contribution < -0.4 is 10.6 Å². The van der Waals surface area contributed by atoms with E-state index in [1.165, 1.54) is 6.33 Å². The fourth-order valence-corrected chi connectivity index (χ4v) is 2.50. The summed E-state index contributed by atoms with van der Waals surface area (Å²) in [5.41, 5.74) is 1.95. The third kappa shape index (κ3) is 3.66. The summed E-state index contributed by atoms with van der Waals surface area (Å²) in [5.74, 6) is 0.0544. The summed E-state index contributed by atoms with van der Waals surface area (Å²) >= 11 is 0. The smallest absolute Gasteiger partial charge is 0.241 e. The number of hydrogen-bond acceptors (Lipinski definition) is 4. The molecule has 21 heavy (non-hydrogen) atoms. The Kier molecular flexibility index (Phi) is 4.25. The van der Waals surface area contributed by atoms with E-state index in [0.29, 0.717) is 6.54 Å². The van der Waals surface area contributed by atoms with Gasteiger partial charge in [0.2, 0.25) is 5.91 Å². The Labute approximate surface area is 123 Å². The van der Waals surface area contributed by atoms with Gasteiger partial charge in [0.15, 0.2) is 0 Å². The first kappa shape index (κ1) is 13.8. The highest BCUT2D eigenvalue weighted by atomic mass is 16.2. The maximum absolute atomic E-state index is 12.1. The van der Waals surface area contributed by atoms with Crippen LogP contribution in [-0.2, 0) is 11.3 Å². The quantitative estimate of drug-likeness (QED) is 0.891. The molecular weight excluding hydrogens is 266 g/mol. The minimum absolute atomic E-state index is 0.0544. The number of anilines is 1. The predicted molar refractivity (Wildman–Crippen MR) is 79.8 cm³/mol. The summed E-state index contributed by atoms with van der Waals surface area (Å²) in [7, 11) is 0. The maximum atomic E-state index is 12.1. The maximum Gasteiger partial charge on any atom is 0.241 e. The van der Waals surface area contributed by atoms with Crippen LogP contribution in [-0.4, -0.2) is 33.3 Å². The number of benzene rings is 1. The second-order valence-electron chi connectivity index (χ2n) is 5.28. The van der Waals surface area contributed by atoms with Gasteiger partial charge in [0.05, 0.1) is 12.6 Å². The fourth-order valence-electron chi connectivity index (χ4n) is 2.50. The molecule has 3 rings (SSSR count). The highest BCUT2D eigenvalue weighted by molar-refractivity contribution is 5.94. The van der Waals surface area contributed by atoms with Crippen LogP contribution in [0.4, 0.5) is 5.69 Å². The van der Waals surface area contributed by atoms with E-state index in [-0.39, 0.29) is 11.9 Å². The number of carbonyl (C=O) groups excluding carboxylic acids is 1. The molecule has 1 unspecified atom stereocenters. The fraction of sp³-hybridized carbons (Fsp3) is 0.400. The zero-order chi connectivity index (χ0) is 14.5. The van der Waals surface area contributed by atoms with Crippen LogP contribution in [0.5, 0.6) is 0 Å². The van der Waals surface area contributed by atoms with E-state index in [4.69, 9.17) is 0 Å². The van der Waals surface area contributed by atoms with Crippen molar-refractivity contribution in [3.8, 4) is 0 Å². The summed E-state index contributed by atoms with van der Waals surface area (Å²) in [6, 6.07) is 7.77. The first-order valence-corrected chi connectivity index (χ1v) is 7.27. The standard InChI is InChI=1S/C15H19N5O/c21-15(14-3-1-2-8-17-14)19-13-6-4-12(5-7-13)9-20-11-16-10-18-20/h4-7,10-11,14,17H,1-3,8-9H2,(H,19,21). The Morgan fingerprint density at radius 3 is 2.86 bits per heavy atom. The molecule has 0 spiro atoms. The second-order valence-corrected chi connectivity index (χ2v) is 5.28. The van der Waals surface area contributed by atoms with Gasteiger partial charge in [-0.3, -0.25) is 4.79 Å². The average Bonchev–Trinajstić information content (AvgIpc) is 3.03. The molecule has 110 valence electrons. The average molecular weight is 285 g/mol. The number of nitrogens with zero attached hydrogens (tertiary/aromatic N) is 3. The van der Waals surface area contributed by atoms with E-state index in [0.717, 1.165) is 37.1 Å². The van der Waals surface area contributed by atoms with Gasteiger partial charge in [0, 0.05) is 5.69 Å².